The summed E-state index contributed by atoms with van der Waals surface area (Å²) >= 11 is 0. The first-order chi connectivity index (χ1) is 15.3. The van der Waals surface area contributed by atoms with E-state index in [2.05, 4.69) is 53.4 Å². The van der Waals surface area contributed by atoms with Crippen molar-refractivity contribution in [1.29, 1.82) is 0 Å². The van der Waals surface area contributed by atoms with Gasteiger partial charge in [-0.2, -0.15) is 0 Å². The first-order valence-electron chi connectivity index (χ1n) is 11.2. The topological polar surface area (TPSA) is 41.9 Å². The lowest BCUT2D eigenvalue weighted by molar-refractivity contribution is 0.237. The zero-order chi connectivity index (χ0) is 21.0. The summed E-state index contributed by atoms with van der Waals surface area (Å²) in [6.45, 7) is 4.70. The average Bonchev–Trinajstić information content (AvgIpc) is 3.33. The fourth-order valence-electron chi connectivity index (χ4n) is 4.87. The van der Waals surface area contributed by atoms with E-state index < -0.39 is 0 Å². The highest BCUT2D eigenvalue weighted by Crippen LogP contribution is 2.47. The predicted octanol–water partition coefficient (Wildman–Crippen LogP) is 5.17. The number of benzene rings is 3. The smallest absolute Gasteiger partial charge is 0.126 e. The summed E-state index contributed by atoms with van der Waals surface area (Å²) in [5.41, 5.74) is 3.61. The molecule has 2 atom stereocenters. The standard InChI is InChI=1S/C27H29NO3/c29-22-10-13-24-26(18-22)31-19-25(20-6-2-1-3-7-20)27(24)21-8-11-23(12-9-21)30-17-16-28-14-4-5-15-28/h1-3,6-13,18,25,27,29H,4-5,14-17,19H2. The van der Waals surface area contributed by atoms with Gasteiger partial charge in [0.25, 0.3) is 0 Å². The Morgan fingerprint density at radius 1 is 0.903 bits per heavy atom. The van der Waals surface area contributed by atoms with Crippen molar-refractivity contribution in [2.75, 3.05) is 32.8 Å². The molecule has 0 bridgehead atoms. The summed E-state index contributed by atoms with van der Waals surface area (Å²) in [5.74, 6) is 2.28. The Morgan fingerprint density at radius 3 is 2.45 bits per heavy atom. The molecule has 3 aromatic rings. The van der Waals surface area contributed by atoms with Crippen molar-refractivity contribution in [3.05, 3.63) is 89.5 Å². The summed E-state index contributed by atoms with van der Waals surface area (Å²) in [7, 11) is 0. The Kier molecular flexibility index (Phi) is 5.81. The predicted molar refractivity (Wildman–Crippen MR) is 122 cm³/mol. The highest BCUT2D eigenvalue weighted by atomic mass is 16.5. The molecule has 31 heavy (non-hydrogen) atoms. The van der Waals surface area contributed by atoms with Crippen molar-refractivity contribution in [3.63, 3.8) is 0 Å². The SMILES string of the molecule is Oc1ccc2c(c1)OCC(c1ccccc1)C2c1ccc(OCCN2CCCC2)cc1. The summed E-state index contributed by atoms with van der Waals surface area (Å²) in [6, 6.07) is 24.5. The molecule has 2 aliphatic heterocycles. The van der Waals surface area contributed by atoms with E-state index in [9.17, 15) is 5.11 Å². The molecule has 1 fully saturated rings. The fraction of sp³-hybridized carbons (Fsp3) is 0.333. The Labute approximate surface area is 184 Å². The summed E-state index contributed by atoms with van der Waals surface area (Å²) in [5, 5.41) is 9.93. The second-order valence-electron chi connectivity index (χ2n) is 8.49. The number of phenolic OH excluding ortho intramolecular Hbond substituents is 1. The van der Waals surface area contributed by atoms with Gasteiger partial charge in [0.15, 0.2) is 0 Å². The molecule has 0 aromatic heterocycles. The van der Waals surface area contributed by atoms with Crippen molar-refractivity contribution in [1.82, 2.24) is 4.90 Å². The zero-order valence-corrected chi connectivity index (χ0v) is 17.7. The monoisotopic (exact) mass is 415 g/mol. The van der Waals surface area contributed by atoms with Crippen LogP contribution < -0.4 is 9.47 Å². The van der Waals surface area contributed by atoms with Gasteiger partial charge in [-0.3, -0.25) is 4.90 Å². The highest BCUT2D eigenvalue weighted by Gasteiger charge is 2.33. The minimum Gasteiger partial charge on any atom is -0.508 e. The molecule has 2 aliphatic rings. The second kappa shape index (κ2) is 9.03. The maximum absolute atomic E-state index is 9.93. The molecule has 1 saturated heterocycles. The Balaban J connectivity index is 1.38. The molecule has 4 heteroatoms. The van der Waals surface area contributed by atoms with Crippen LogP contribution in [0.15, 0.2) is 72.8 Å². The summed E-state index contributed by atoms with van der Waals surface area (Å²) in [4.78, 5) is 2.47. The average molecular weight is 416 g/mol. The van der Waals surface area contributed by atoms with Crippen LogP contribution in [-0.4, -0.2) is 42.9 Å². The van der Waals surface area contributed by atoms with Crippen LogP contribution in [0.3, 0.4) is 0 Å². The molecule has 5 rings (SSSR count). The minimum absolute atomic E-state index is 0.158. The van der Waals surface area contributed by atoms with Gasteiger partial charge in [-0.15, -0.1) is 0 Å². The third kappa shape index (κ3) is 4.40. The number of nitrogens with zero attached hydrogens (tertiary/aromatic N) is 1. The lowest BCUT2D eigenvalue weighted by atomic mass is 9.76. The van der Waals surface area contributed by atoms with Crippen LogP contribution in [0.5, 0.6) is 17.2 Å². The Bertz CT molecular complexity index is 997. The van der Waals surface area contributed by atoms with Crippen LogP contribution in [0.4, 0.5) is 0 Å². The molecule has 0 radical (unpaired) electrons. The molecule has 2 unspecified atom stereocenters. The van der Waals surface area contributed by atoms with Gasteiger partial charge in [0.05, 0.1) is 6.61 Å². The first-order valence-corrected chi connectivity index (χ1v) is 11.2. The largest absolute Gasteiger partial charge is 0.508 e. The van der Waals surface area contributed by atoms with E-state index in [1.54, 1.807) is 12.1 Å². The Hall–Kier alpha value is -2.98. The van der Waals surface area contributed by atoms with Gasteiger partial charge in [0, 0.05) is 30.0 Å². The van der Waals surface area contributed by atoms with E-state index in [1.165, 1.54) is 37.1 Å². The molecule has 4 nitrogen and oxygen atoms in total. The number of aromatic hydroxyl groups is 1. The van der Waals surface area contributed by atoms with Gasteiger partial charge in [0.1, 0.15) is 23.9 Å². The van der Waals surface area contributed by atoms with Crippen LogP contribution in [0.1, 0.15) is 41.4 Å². The maximum atomic E-state index is 9.93. The van der Waals surface area contributed by atoms with Crippen molar-refractivity contribution in [3.8, 4) is 17.2 Å². The van der Waals surface area contributed by atoms with Gasteiger partial charge in [-0.05, 0) is 55.3 Å². The van der Waals surface area contributed by atoms with Gasteiger partial charge in [-0.25, -0.2) is 0 Å². The molecule has 2 heterocycles. The fourth-order valence-corrected chi connectivity index (χ4v) is 4.87. The van der Waals surface area contributed by atoms with Gasteiger partial charge < -0.3 is 14.6 Å². The maximum Gasteiger partial charge on any atom is 0.126 e. The van der Waals surface area contributed by atoms with Crippen LogP contribution in [-0.2, 0) is 0 Å². The van der Waals surface area contributed by atoms with E-state index in [4.69, 9.17) is 9.47 Å². The van der Waals surface area contributed by atoms with E-state index in [0.717, 1.165) is 30.2 Å². The van der Waals surface area contributed by atoms with Crippen molar-refractivity contribution in [2.24, 2.45) is 0 Å². The molecule has 160 valence electrons. The van der Waals surface area contributed by atoms with E-state index >= 15 is 0 Å². The number of hydrogen-bond acceptors (Lipinski definition) is 4. The molecular formula is C27H29NO3. The van der Waals surface area contributed by atoms with Crippen molar-refractivity contribution >= 4 is 0 Å². The van der Waals surface area contributed by atoms with E-state index in [-0.39, 0.29) is 17.6 Å². The normalized spacial score (nSPS) is 20.8. The lowest BCUT2D eigenvalue weighted by Gasteiger charge is -2.34. The van der Waals surface area contributed by atoms with Crippen LogP contribution >= 0.6 is 0 Å². The van der Waals surface area contributed by atoms with Gasteiger partial charge >= 0.3 is 0 Å². The highest BCUT2D eigenvalue weighted by molar-refractivity contribution is 5.50. The van der Waals surface area contributed by atoms with Crippen LogP contribution in [0, 0.1) is 0 Å². The molecule has 0 saturated carbocycles. The molecule has 1 N–H and O–H groups in total. The number of hydrogen-bond donors (Lipinski definition) is 1. The quantitative estimate of drug-likeness (QED) is 0.603. The third-order valence-corrected chi connectivity index (χ3v) is 6.49. The molecule has 0 amide bonds. The second-order valence-corrected chi connectivity index (χ2v) is 8.49. The van der Waals surface area contributed by atoms with Gasteiger partial charge in [-0.1, -0.05) is 48.5 Å². The van der Waals surface area contributed by atoms with Crippen LogP contribution in [0.25, 0.3) is 0 Å². The number of phenols is 1. The molecule has 0 spiro atoms. The minimum atomic E-state index is 0.158. The number of rotatable bonds is 6. The van der Waals surface area contributed by atoms with E-state index in [1.807, 2.05) is 12.1 Å². The Morgan fingerprint density at radius 2 is 1.68 bits per heavy atom. The summed E-state index contributed by atoms with van der Waals surface area (Å²) in [6.07, 6.45) is 2.61. The van der Waals surface area contributed by atoms with Crippen molar-refractivity contribution < 1.29 is 14.6 Å². The van der Waals surface area contributed by atoms with Crippen LogP contribution in [0.2, 0.25) is 0 Å². The zero-order valence-electron chi connectivity index (χ0n) is 17.7. The molecule has 3 aromatic carbocycles. The number of fused-ring (bicyclic) bond motifs is 1. The van der Waals surface area contributed by atoms with Gasteiger partial charge in [0.2, 0.25) is 0 Å². The number of ether oxygens (including phenoxy) is 2. The molecular weight excluding hydrogens is 386 g/mol. The third-order valence-electron chi connectivity index (χ3n) is 6.49. The first kappa shape index (κ1) is 20.0. The van der Waals surface area contributed by atoms with E-state index in [0.29, 0.717) is 6.61 Å². The lowest BCUT2D eigenvalue weighted by Crippen LogP contribution is -2.25. The number of likely N-dealkylation sites (tertiary alicyclic amines) is 1. The molecule has 0 aliphatic carbocycles. The van der Waals surface area contributed by atoms with Crippen molar-refractivity contribution in [2.45, 2.75) is 24.7 Å². The summed E-state index contributed by atoms with van der Waals surface area (Å²) < 4.78 is 12.1.